The van der Waals surface area contributed by atoms with Gasteiger partial charge in [0.15, 0.2) is 11.6 Å². The summed E-state index contributed by atoms with van der Waals surface area (Å²) in [5, 5.41) is 11.8. The van der Waals surface area contributed by atoms with Gasteiger partial charge in [-0.25, -0.2) is 4.79 Å². The van der Waals surface area contributed by atoms with E-state index in [1.165, 1.54) is 13.8 Å². The van der Waals surface area contributed by atoms with Crippen molar-refractivity contribution in [3.63, 3.8) is 0 Å². The summed E-state index contributed by atoms with van der Waals surface area (Å²) in [6, 6.07) is 5.59. The molecule has 10 heteroatoms. The first-order valence-electron chi connectivity index (χ1n) is 9.91. The number of ketones is 1. The van der Waals surface area contributed by atoms with Crippen LogP contribution < -0.4 is 10.1 Å². The van der Waals surface area contributed by atoms with E-state index in [0.717, 1.165) is 0 Å². The lowest BCUT2D eigenvalue weighted by Gasteiger charge is -2.50. The fourth-order valence-electron chi connectivity index (χ4n) is 3.58. The number of carboxylic acid groups (broad SMARTS) is 1. The average molecular weight is 437 g/mol. The largest absolute Gasteiger partial charge is 0.480 e. The number of amides is 1. The number of aliphatic carboxylic acids is 1. The van der Waals surface area contributed by atoms with Crippen LogP contribution in [0.3, 0.4) is 0 Å². The van der Waals surface area contributed by atoms with Crippen LogP contribution in [0.2, 0.25) is 0 Å². The molecule has 1 aromatic rings. The van der Waals surface area contributed by atoms with Crippen molar-refractivity contribution >= 4 is 17.7 Å². The van der Waals surface area contributed by atoms with E-state index in [0.29, 0.717) is 11.3 Å². The number of fused-ring (bicyclic) bond motifs is 1. The second-order valence-corrected chi connectivity index (χ2v) is 7.93. The number of Topliss-reactive ketones (excluding diaryl/α,β-unsaturated/α-hetero) is 1. The second-order valence-electron chi connectivity index (χ2n) is 7.93. The van der Waals surface area contributed by atoms with Crippen LogP contribution in [0.25, 0.3) is 0 Å². The molecule has 170 valence electrons. The highest BCUT2D eigenvalue weighted by Crippen LogP contribution is 2.34. The highest BCUT2D eigenvalue weighted by atomic mass is 16.8. The molecule has 2 N–H and O–H groups in total. The highest BCUT2D eigenvalue weighted by molar-refractivity contribution is 5.94. The van der Waals surface area contributed by atoms with Crippen LogP contribution in [-0.2, 0) is 28.5 Å². The molecule has 2 aliphatic heterocycles. The van der Waals surface area contributed by atoms with Gasteiger partial charge in [-0.05, 0) is 45.0 Å². The van der Waals surface area contributed by atoms with Crippen molar-refractivity contribution in [1.82, 2.24) is 5.32 Å². The van der Waals surface area contributed by atoms with Crippen LogP contribution in [0, 0.1) is 0 Å². The van der Waals surface area contributed by atoms with Crippen molar-refractivity contribution in [2.45, 2.75) is 64.1 Å². The number of rotatable bonds is 7. The number of hydrogen-bond acceptors (Lipinski definition) is 8. The number of nitrogens with one attached hydrogen (secondary N) is 1. The van der Waals surface area contributed by atoms with E-state index < -0.39 is 49.0 Å². The van der Waals surface area contributed by atoms with Crippen molar-refractivity contribution in [2.24, 2.45) is 0 Å². The van der Waals surface area contributed by atoms with E-state index in [1.807, 2.05) is 0 Å². The monoisotopic (exact) mass is 437 g/mol. The van der Waals surface area contributed by atoms with E-state index in [1.54, 1.807) is 38.1 Å². The van der Waals surface area contributed by atoms with Gasteiger partial charge in [-0.3, -0.25) is 9.59 Å². The summed E-state index contributed by atoms with van der Waals surface area (Å²) in [7, 11) is 0. The Hall–Kier alpha value is -2.53. The standard InChI is InChI=1S/C21H27NO9/c1-11(23)13-5-7-14(8-6-13)29-20-17(22-12(2)24)19(27-10-16(25)26)18-15(30-20)9-28-21(3,4)31-18/h5-8,15,17-20H,9-10H2,1-4H3,(H,22,24)(H,25,26). The molecule has 1 aromatic carbocycles. The number of ether oxygens (including phenoxy) is 5. The van der Waals surface area contributed by atoms with Gasteiger partial charge in [0, 0.05) is 12.5 Å². The number of benzene rings is 1. The molecule has 2 aliphatic rings. The molecule has 31 heavy (non-hydrogen) atoms. The lowest BCUT2D eigenvalue weighted by atomic mass is 9.95. The first-order valence-corrected chi connectivity index (χ1v) is 9.91. The second kappa shape index (κ2) is 9.31. The number of carbonyl (C=O) groups excluding carboxylic acids is 2. The van der Waals surface area contributed by atoms with Gasteiger partial charge in [0.25, 0.3) is 0 Å². The summed E-state index contributed by atoms with van der Waals surface area (Å²) >= 11 is 0. The minimum Gasteiger partial charge on any atom is -0.480 e. The molecule has 0 bridgehead atoms. The summed E-state index contributed by atoms with van der Waals surface area (Å²) in [6.45, 7) is 5.82. The molecule has 2 saturated heterocycles. The fourth-order valence-corrected chi connectivity index (χ4v) is 3.58. The first-order chi connectivity index (χ1) is 14.6. The van der Waals surface area contributed by atoms with E-state index in [2.05, 4.69) is 5.32 Å². The van der Waals surface area contributed by atoms with Crippen molar-refractivity contribution < 1.29 is 43.2 Å². The zero-order chi connectivity index (χ0) is 22.8. The Kier molecular flexibility index (Phi) is 6.95. The molecule has 0 aromatic heterocycles. The van der Waals surface area contributed by atoms with Gasteiger partial charge in [0.2, 0.25) is 12.2 Å². The molecule has 0 aliphatic carbocycles. The summed E-state index contributed by atoms with van der Waals surface area (Å²) in [5.74, 6) is -2.15. The smallest absolute Gasteiger partial charge is 0.329 e. The summed E-state index contributed by atoms with van der Waals surface area (Å²) in [6.07, 6.45) is -3.19. The van der Waals surface area contributed by atoms with Crippen LogP contribution in [-0.4, -0.2) is 72.4 Å². The van der Waals surface area contributed by atoms with Gasteiger partial charge >= 0.3 is 5.97 Å². The number of carboxylic acids is 1. The Balaban J connectivity index is 1.88. The molecule has 3 rings (SSSR count). The van der Waals surface area contributed by atoms with E-state index >= 15 is 0 Å². The molecule has 0 spiro atoms. The van der Waals surface area contributed by atoms with Crippen molar-refractivity contribution in [2.75, 3.05) is 13.2 Å². The molecule has 2 heterocycles. The number of hydrogen-bond donors (Lipinski definition) is 2. The summed E-state index contributed by atoms with van der Waals surface area (Å²) < 4.78 is 29.3. The zero-order valence-electron chi connectivity index (χ0n) is 17.8. The Morgan fingerprint density at radius 2 is 1.87 bits per heavy atom. The lowest BCUT2D eigenvalue weighted by Crippen LogP contribution is -2.69. The average Bonchev–Trinajstić information content (AvgIpc) is 2.67. The molecule has 0 radical (unpaired) electrons. The topological polar surface area (TPSA) is 130 Å². The van der Waals surface area contributed by atoms with E-state index in [9.17, 15) is 14.4 Å². The van der Waals surface area contributed by atoms with Crippen molar-refractivity contribution in [3.8, 4) is 5.75 Å². The Bertz CT molecular complexity index is 823. The summed E-state index contributed by atoms with van der Waals surface area (Å²) in [5.41, 5.74) is 0.523. The van der Waals surface area contributed by atoms with E-state index in [4.69, 9.17) is 28.8 Å². The maximum atomic E-state index is 11.9. The Morgan fingerprint density at radius 1 is 1.19 bits per heavy atom. The van der Waals surface area contributed by atoms with Crippen LogP contribution in [0.5, 0.6) is 5.75 Å². The van der Waals surface area contributed by atoms with Crippen molar-refractivity contribution in [3.05, 3.63) is 29.8 Å². The van der Waals surface area contributed by atoms with Crippen LogP contribution in [0.1, 0.15) is 38.1 Å². The van der Waals surface area contributed by atoms with Crippen LogP contribution in [0.15, 0.2) is 24.3 Å². The SMILES string of the molecule is CC(=O)NC1C(Oc2ccc(C(C)=O)cc2)OC2COC(C)(C)OC2C1OCC(=O)O. The van der Waals surface area contributed by atoms with Gasteiger partial charge in [0.1, 0.15) is 36.7 Å². The Labute approximate surface area is 179 Å². The molecule has 5 atom stereocenters. The van der Waals surface area contributed by atoms with Gasteiger partial charge < -0.3 is 34.1 Å². The van der Waals surface area contributed by atoms with Gasteiger partial charge in [-0.2, -0.15) is 0 Å². The minimum atomic E-state index is -1.16. The lowest BCUT2D eigenvalue weighted by molar-refractivity contribution is -0.364. The third-order valence-electron chi connectivity index (χ3n) is 4.94. The van der Waals surface area contributed by atoms with Crippen LogP contribution >= 0.6 is 0 Å². The normalized spacial score (nSPS) is 29.5. The maximum Gasteiger partial charge on any atom is 0.329 e. The minimum absolute atomic E-state index is 0.0827. The van der Waals surface area contributed by atoms with Crippen molar-refractivity contribution in [1.29, 1.82) is 0 Å². The van der Waals surface area contributed by atoms with Gasteiger partial charge in [-0.1, -0.05) is 0 Å². The predicted molar refractivity (Wildman–Crippen MR) is 106 cm³/mol. The highest BCUT2D eigenvalue weighted by Gasteiger charge is 2.53. The molecule has 10 nitrogen and oxygen atoms in total. The Morgan fingerprint density at radius 3 is 2.45 bits per heavy atom. The van der Waals surface area contributed by atoms with E-state index in [-0.39, 0.29) is 18.3 Å². The molecule has 0 saturated carbocycles. The third kappa shape index (κ3) is 5.79. The molecule has 2 fully saturated rings. The molecular weight excluding hydrogens is 410 g/mol. The number of carbonyl (C=O) groups is 3. The zero-order valence-corrected chi connectivity index (χ0v) is 17.8. The maximum absolute atomic E-state index is 11.9. The molecular formula is C21H27NO9. The molecule has 5 unspecified atom stereocenters. The predicted octanol–water partition coefficient (Wildman–Crippen LogP) is 1.12. The van der Waals surface area contributed by atoms with Gasteiger partial charge in [0.05, 0.1) is 6.61 Å². The third-order valence-corrected chi connectivity index (χ3v) is 4.94. The van der Waals surface area contributed by atoms with Gasteiger partial charge in [-0.15, -0.1) is 0 Å². The summed E-state index contributed by atoms with van der Waals surface area (Å²) in [4.78, 5) is 34.5. The van der Waals surface area contributed by atoms with Crippen LogP contribution in [0.4, 0.5) is 0 Å². The first kappa shape index (κ1) is 23.1. The quantitative estimate of drug-likeness (QED) is 0.603. The fraction of sp³-hybridized carbons (Fsp3) is 0.571. The molecule has 1 amide bonds.